The molecular weight excluding hydrogens is 216 g/mol. The molecule has 0 spiro atoms. The van der Waals surface area contributed by atoms with Crippen molar-refractivity contribution < 1.29 is 4.43 Å². The summed E-state index contributed by atoms with van der Waals surface area (Å²) in [5.41, 5.74) is 0. The van der Waals surface area contributed by atoms with Crippen molar-refractivity contribution in [3.05, 3.63) is 0 Å². The predicted molar refractivity (Wildman–Crippen MR) is 73.6 cm³/mol. The van der Waals surface area contributed by atoms with Crippen LogP contribution in [0.3, 0.4) is 0 Å². The summed E-state index contributed by atoms with van der Waals surface area (Å²) in [5, 5.41) is 0. The second-order valence-electron chi connectivity index (χ2n) is 5.11. The van der Waals surface area contributed by atoms with Crippen molar-refractivity contribution in [1.82, 2.24) is 0 Å². The minimum Gasteiger partial charge on any atom is -0.423 e. The highest BCUT2D eigenvalue weighted by atomic mass is 29.2. The van der Waals surface area contributed by atoms with Gasteiger partial charge in [-0.05, 0) is 12.5 Å². The lowest BCUT2D eigenvalue weighted by Gasteiger charge is -2.41. The molecule has 1 atom stereocenters. The number of hydrogen-bond donors (Lipinski definition) is 0. The fourth-order valence-electron chi connectivity index (χ4n) is 3.33. The van der Waals surface area contributed by atoms with E-state index in [9.17, 15) is 0 Å². The SMILES string of the molecule is CCC[SiH]1OCCC[Si]1(CCC)CCC. The summed E-state index contributed by atoms with van der Waals surface area (Å²) < 4.78 is 6.24. The monoisotopic (exact) mass is 244 g/mol. The Hall–Kier alpha value is 0.394. The van der Waals surface area contributed by atoms with Crippen LogP contribution in [0.25, 0.3) is 0 Å². The third kappa shape index (κ3) is 3.43. The molecule has 0 saturated carbocycles. The Morgan fingerprint density at radius 1 is 1.07 bits per heavy atom. The van der Waals surface area contributed by atoms with Gasteiger partial charge < -0.3 is 4.43 Å². The third-order valence-electron chi connectivity index (χ3n) is 3.87. The highest BCUT2D eigenvalue weighted by Crippen LogP contribution is 2.34. The van der Waals surface area contributed by atoms with E-state index >= 15 is 0 Å². The van der Waals surface area contributed by atoms with Crippen molar-refractivity contribution in [2.24, 2.45) is 0 Å². The molecular formula is C12H28OSi2. The molecule has 1 saturated heterocycles. The maximum Gasteiger partial charge on any atom is 0.165 e. The molecule has 1 rings (SSSR count). The zero-order valence-corrected chi connectivity index (χ0v) is 13.0. The minimum absolute atomic E-state index is 0.773. The van der Waals surface area contributed by atoms with Gasteiger partial charge in [-0.3, -0.25) is 0 Å². The lowest BCUT2D eigenvalue weighted by molar-refractivity contribution is 0.316. The van der Waals surface area contributed by atoms with Crippen LogP contribution in [-0.4, -0.2) is 22.8 Å². The molecule has 1 nitrogen and oxygen atoms in total. The van der Waals surface area contributed by atoms with E-state index < -0.39 is 16.1 Å². The van der Waals surface area contributed by atoms with E-state index in [0.717, 1.165) is 6.61 Å². The fraction of sp³-hybridized carbons (Fsp3) is 1.00. The van der Waals surface area contributed by atoms with Crippen molar-refractivity contribution in [3.8, 4) is 0 Å². The molecule has 15 heavy (non-hydrogen) atoms. The van der Waals surface area contributed by atoms with Crippen molar-refractivity contribution in [3.63, 3.8) is 0 Å². The Balaban J connectivity index is 2.68. The largest absolute Gasteiger partial charge is 0.423 e. The van der Waals surface area contributed by atoms with Gasteiger partial charge in [-0.2, -0.15) is 0 Å². The fourth-order valence-corrected chi connectivity index (χ4v) is 19.4. The number of hydrogen-bond acceptors (Lipinski definition) is 1. The molecule has 1 unspecified atom stereocenters. The van der Waals surface area contributed by atoms with Crippen LogP contribution in [0.15, 0.2) is 0 Å². The van der Waals surface area contributed by atoms with Gasteiger partial charge in [-0.15, -0.1) is 0 Å². The van der Waals surface area contributed by atoms with E-state index in [0.29, 0.717) is 0 Å². The van der Waals surface area contributed by atoms with Crippen LogP contribution in [0.5, 0.6) is 0 Å². The Morgan fingerprint density at radius 2 is 1.73 bits per heavy atom. The quantitative estimate of drug-likeness (QED) is 0.644. The molecule has 0 aromatic carbocycles. The lowest BCUT2D eigenvalue weighted by atomic mass is 10.5. The first-order valence-electron chi connectivity index (χ1n) is 6.90. The van der Waals surface area contributed by atoms with E-state index in [1.54, 1.807) is 18.1 Å². The average Bonchev–Trinajstić information content (AvgIpc) is 2.23. The van der Waals surface area contributed by atoms with E-state index in [-0.39, 0.29) is 0 Å². The van der Waals surface area contributed by atoms with Gasteiger partial charge in [0.15, 0.2) is 8.56 Å². The summed E-state index contributed by atoms with van der Waals surface area (Å²) >= 11 is 0. The Morgan fingerprint density at radius 3 is 2.27 bits per heavy atom. The molecule has 0 aromatic rings. The van der Waals surface area contributed by atoms with E-state index in [1.807, 2.05) is 0 Å². The summed E-state index contributed by atoms with van der Waals surface area (Å²) in [7, 11) is -1.69. The molecule has 0 aromatic heterocycles. The molecule has 1 aliphatic rings. The first-order chi connectivity index (χ1) is 7.29. The van der Waals surface area contributed by atoms with Crippen molar-refractivity contribution in [1.29, 1.82) is 0 Å². The predicted octanol–water partition coefficient (Wildman–Crippen LogP) is 3.89. The van der Waals surface area contributed by atoms with E-state index in [4.69, 9.17) is 4.43 Å². The molecule has 0 radical (unpaired) electrons. The zero-order chi connectivity index (χ0) is 11.1. The van der Waals surface area contributed by atoms with Crippen LogP contribution in [0.1, 0.15) is 46.5 Å². The molecule has 1 fully saturated rings. The zero-order valence-electron chi connectivity index (χ0n) is 10.8. The van der Waals surface area contributed by atoms with Gasteiger partial charge in [-0.1, -0.05) is 58.2 Å². The van der Waals surface area contributed by atoms with Gasteiger partial charge in [0, 0.05) is 6.61 Å². The maximum absolute atomic E-state index is 6.24. The van der Waals surface area contributed by atoms with Gasteiger partial charge in [0.1, 0.15) is 0 Å². The highest BCUT2D eigenvalue weighted by molar-refractivity contribution is 7.31. The summed E-state index contributed by atoms with van der Waals surface area (Å²) in [6, 6.07) is 6.20. The van der Waals surface area contributed by atoms with Crippen LogP contribution in [-0.2, 0) is 4.43 Å². The molecule has 0 aliphatic carbocycles. The third-order valence-corrected chi connectivity index (χ3v) is 19.4. The Labute approximate surface area is 98.1 Å². The summed E-state index contributed by atoms with van der Waals surface area (Å²) in [6.07, 6.45) is 5.55. The lowest BCUT2D eigenvalue weighted by Crippen LogP contribution is -2.55. The van der Waals surface area contributed by atoms with Gasteiger partial charge in [0.25, 0.3) is 0 Å². The molecule has 1 aliphatic heterocycles. The standard InChI is InChI=1S/C12H28OSi2/c1-4-9-14-13-8-7-12-15(14,10-5-2)11-6-3/h14H,4-12H2,1-3H3. The average molecular weight is 245 g/mol. The smallest absolute Gasteiger partial charge is 0.165 e. The van der Waals surface area contributed by atoms with Gasteiger partial charge in [0.05, 0.1) is 7.59 Å². The van der Waals surface area contributed by atoms with Crippen LogP contribution >= 0.6 is 0 Å². The van der Waals surface area contributed by atoms with Gasteiger partial charge in [0.2, 0.25) is 0 Å². The van der Waals surface area contributed by atoms with Gasteiger partial charge >= 0.3 is 0 Å². The molecule has 0 N–H and O–H groups in total. The molecule has 3 heteroatoms. The Bertz CT molecular complexity index is 159. The van der Waals surface area contributed by atoms with Crippen molar-refractivity contribution >= 4 is 16.1 Å². The maximum atomic E-state index is 6.24. The van der Waals surface area contributed by atoms with Crippen LogP contribution in [0.2, 0.25) is 24.2 Å². The van der Waals surface area contributed by atoms with E-state index in [2.05, 4.69) is 20.8 Å². The number of rotatable bonds is 6. The molecule has 1 heterocycles. The van der Waals surface area contributed by atoms with Gasteiger partial charge in [-0.25, -0.2) is 0 Å². The topological polar surface area (TPSA) is 9.23 Å². The van der Waals surface area contributed by atoms with Crippen LogP contribution in [0, 0.1) is 0 Å². The summed E-state index contributed by atoms with van der Waals surface area (Å²) in [4.78, 5) is 0. The molecule has 90 valence electrons. The molecule has 0 bridgehead atoms. The van der Waals surface area contributed by atoms with Crippen LogP contribution < -0.4 is 0 Å². The first-order valence-corrected chi connectivity index (χ1v) is 12.6. The summed E-state index contributed by atoms with van der Waals surface area (Å²) in [5.74, 6) is 0. The first kappa shape index (κ1) is 13.5. The second kappa shape index (κ2) is 6.87. The summed E-state index contributed by atoms with van der Waals surface area (Å²) in [6.45, 7) is 8.17. The van der Waals surface area contributed by atoms with Crippen molar-refractivity contribution in [2.45, 2.75) is 70.6 Å². The Kier molecular flexibility index (Phi) is 6.16. The second-order valence-corrected chi connectivity index (χ2v) is 16.8. The van der Waals surface area contributed by atoms with E-state index in [1.165, 1.54) is 31.7 Å². The highest BCUT2D eigenvalue weighted by Gasteiger charge is 2.43. The normalized spacial score (nSPS) is 25.4. The molecule has 0 amide bonds. The van der Waals surface area contributed by atoms with Crippen molar-refractivity contribution in [2.75, 3.05) is 6.61 Å². The van der Waals surface area contributed by atoms with Crippen LogP contribution in [0.4, 0.5) is 0 Å². The minimum atomic E-state index is -0.916.